The van der Waals surface area contributed by atoms with Crippen LogP contribution in [0.15, 0.2) is 30.3 Å². The molecule has 2 amide bonds. The minimum absolute atomic E-state index is 0.0605. The zero-order valence-electron chi connectivity index (χ0n) is 13.9. The fourth-order valence-corrected chi connectivity index (χ4v) is 1.83. The van der Waals surface area contributed by atoms with Gasteiger partial charge in [0.05, 0.1) is 6.61 Å². The largest absolute Gasteiger partial charge is 0.396 e. The predicted molar refractivity (Wildman–Crippen MR) is 87.8 cm³/mol. The lowest BCUT2D eigenvalue weighted by molar-refractivity contribution is -0.139. The summed E-state index contributed by atoms with van der Waals surface area (Å²) in [5, 5.41) is 23.8. The summed E-state index contributed by atoms with van der Waals surface area (Å²) < 4.78 is 0. The van der Waals surface area contributed by atoms with E-state index in [4.69, 9.17) is 5.11 Å². The summed E-state index contributed by atoms with van der Waals surface area (Å²) in [6.07, 6.45) is -1.57. The minimum atomic E-state index is -1.40. The van der Waals surface area contributed by atoms with Crippen LogP contribution in [0.4, 0.5) is 0 Å². The van der Waals surface area contributed by atoms with Gasteiger partial charge >= 0.3 is 0 Å². The number of aliphatic hydroxyl groups excluding tert-OH is 2. The number of carbonyl (C=O) groups excluding carboxylic acids is 3. The first-order valence-corrected chi connectivity index (χ1v) is 7.69. The lowest BCUT2D eigenvalue weighted by atomic mass is 9.87. The van der Waals surface area contributed by atoms with Crippen molar-refractivity contribution in [1.29, 1.82) is 0 Å². The summed E-state index contributed by atoms with van der Waals surface area (Å²) in [6.45, 7) is 2.91. The predicted octanol–water partition coefficient (Wildman–Crippen LogP) is -0.242. The molecule has 0 unspecified atom stereocenters. The highest BCUT2D eigenvalue weighted by molar-refractivity contribution is 6.36. The molecular weight excluding hydrogens is 312 g/mol. The van der Waals surface area contributed by atoms with Gasteiger partial charge in [0.15, 0.2) is 0 Å². The molecule has 0 heterocycles. The summed E-state index contributed by atoms with van der Waals surface area (Å²) in [4.78, 5) is 35.1. The molecule has 1 aromatic rings. The third-order valence-electron chi connectivity index (χ3n) is 3.60. The maximum atomic E-state index is 11.7. The zero-order valence-corrected chi connectivity index (χ0v) is 13.9. The van der Waals surface area contributed by atoms with E-state index in [1.165, 1.54) is 0 Å². The van der Waals surface area contributed by atoms with Crippen molar-refractivity contribution >= 4 is 17.6 Å². The van der Waals surface area contributed by atoms with E-state index in [0.29, 0.717) is 0 Å². The zero-order chi connectivity index (χ0) is 18.2. The molecule has 0 spiro atoms. The van der Waals surface area contributed by atoms with E-state index >= 15 is 0 Å². The average Bonchev–Trinajstić information content (AvgIpc) is 2.59. The van der Waals surface area contributed by atoms with Crippen LogP contribution in [0.2, 0.25) is 0 Å². The quantitative estimate of drug-likeness (QED) is 0.465. The molecule has 0 aliphatic carbocycles. The highest BCUT2D eigenvalue weighted by Gasteiger charge is 2.32. The van der Waals surface area contributed by atoms with Crippen LogP contribution in [0.25, 0.3) is 0 Å². The van der Waals surface area contributed by atoms with Crippen molar-refractivity contribution in [3.05, 3.63) is 35.9 Å². The summed E-state index contributed by atoms with van der Waals surface area (Å²) in [6, 6.07) is 9.17. The van der Waals surface area contributed by atoms with Gasteiger partial charge < -0.3 is 20.8 Å². The minimum Gasteiger partial charge on any atom is -0.396 e. The molecule has 0 aliphatic rings. The molecule has 0 aliphatic heterocycles. The molecule has 1 rings (SSSR count). The number of carbonyl (C=O) groups is 3. The summed E-state index contributed by atoms with van der Waals surface area (Å²) in [7, 11) is 0. The highest BCUT2D eigenvalue weighted by Crippen LogP contribution is 2.19. The third kappa shape index (κ3) is 6.10. The molecule has 7 nitrogen and oxygen atoms in total. The Morgan fingerprint density at radius 2 is 1.75 bits per heavy atom. The molecule has 7 heteroatoms. The van der Waals surface area contributed by atoms with Crippen LogP contribution in [-0.4, -0.2) is 47.1 Å². The van der Waals surface area contributed by atoms with Gasteiger partial charge in [-0.2, -0.15) is 0 Å². The highest BCUT2D eigenvalue weighted by atomic mass is 16.3. The van der Waals surface area contributed by atoms with Crippen LogP contribution in [0.5, 0.6) is 0 Å². The smallest absolute Gasteiger partial charge is 0.287 e. The average molecular weight is 336 g/mol. The standard InChI is InChI=1S/C17H24N2O5/c1-17(2,11-20)14(22)16(24)18-9-8-13(21)15(23)19-10-12-6-4-3-5-7-12/h3-7,14,20,22H,8-11H2,1-2H3,(H,18,24)(H,19,23)/t14-/m1/s1. The molecule has 0 saturated heterocycles. The number of hydrogen-bond donors (Lipinski definition) is 4. The van der Waals surface area contributed by atoms with Gasteiger partial charge in [0, 0.05) is 24.9 Å². The van der Waals surface area contributed by atoms with E-state index in [-0.39, 0.29) is 26.1 Å². The van der Waals surface area contributed by atoms with E-state index in [9.17, 15) is 19.5 Å². The van der Waals surface area contributed by atoms with Crippen LogP contribution in [0.3, 0.4) is 0 Å². The molecular formula is C17H24N2O5. The van der Waals surface area contributed by atoms with Crippen LogP contribution in [0.1, 0.15) is 25.8 Å². The van der Waals surface area contributed by atoms with Crippen molar-refractivity contribution in [3.63, 3.8) is 0 Å². The van der Waals surface area contributed by atoms with Gasteiger partial charge in [-0.3, -0.25) is 14.4 Å². The Kier molecular flexibility index (Phi) is 7.54. The Bertz CT molecular complexity index is 572. The van der Waals surface area contributed by atoms with Crippen molar-refractivity contribution < 1.29 is 24.6 Å². The molecule has 1 atom stereocenters. The van der Waals surface area contributed by atoms with Gasteiger partial charge in [-0.25, -0.2) is 0 Å². The normalized spacial score (nSPS) is 12.3. The number of rotatable bonds is 9. The second kappa shape index (κ2) is 9.14. The molecule has 0 aromatic heterocycles. The maximum absolute atomic E-state index is 11.7. The molecule has 132 valence electrons. The molecule has 24 heavy (non-hydrogen) atoms. The summed E-state index contributed by atoms with van der Waals surface area (Å²) in [5.74, 6) is -2.06. The van der Waals surface area contributed by atoms with Crippen molar-refractivity contribution in [2.24, 2.45) is 5.41 Å². The van der Waals surface area contributed by atoms with Gasteiger partial charge in [-0.1, -0.05) is 44.2 Å². The monoisotopic (exact) mass is 336 g/mol. The number of hydrogen-bond acceptors (Lipinski definition) is 5. The number of aliphatic hydroxyl groups is 2. The lowest BCUT2D eigenvalue weighted by Crippen LogP contribution is -2.46. The fraction of sp³-hybridized carbons (Fsp3) is 0.471. The van der Waals surface area contributed by atoms with Gasteiger partial charge in [0.1, 0.15) is 6.10 Å². The van der Waals surface area contributed by atoms with Gasteiger partial charge in [-0.15, -0.1) is 0 Å². The number of amides is 2. The van der Waals surface area contributed by atoms with Gasteiger partial charge in [0.25, 0.3) is 5.91 Å². The molecule has 0 fully saturated rings. The maximum Gasteiger partial charge on any atom is 0.287 e. The van der Waals surface area contributed by atoms with Crippen LogP contribution in [-0.2, 0) is 20.9 Å². The SMILES string of the molecule is CC(C)(CO)[C@H](O)C(=O)NCCC(=O)C(=O)NCc1ccccc1. The topological polar surface area (TPSA) is 116 Å². The first kappa shape index (κ1) is 19.8. The Labute approximate surface area is 141 Å². The summed E-state index contributed by atoms with van der Waals surface area (Å²) >= 11 is 0. The van der Waals surface area contributed by atoms with Crippen molar-refractivity contribution in [2.75, 3.05) is 13.2 Å². The lowest BCUT2D eigenvalue weighted by Gasteiger charge is -2.27. The Morgan fingerprint density at radius 3 is 2.33 bits per heavy atom. The number of ketones is 1. The second-order valence-electron chi connectivity index (χ2n) is 6.18. The Hall–Kier alpha value is -2.25. The van der Waals surface area contributed by atoms with Crippen molar-refractivity contribution in [3.8, 4) is 0 Å². The fourth-order valence-electron chi connectivity index (χ4n) is 1.83. The third-order valence-corrected chi connectivity index (χ3v) is 3.60. The van der Waals surface area contributed by atoms with E-state index in [2.05, 4.69) is 10.6 Å². The molecule has 4 N–H and O–H groups in total. The van der Waals surface area contributed by atoms with E-state index in [1.807, 2.05) is 30.3 Å². The van der Waals surface area contributed by atoms with Gasteiger partial charge in [-0.05, 0) is 5.56 Å². The number of nitrogens with one attached hydrogen (secondary N) is 2. The van der Waals surface area contributed by atoms with Gasteiger partial charge in [0.2, 0.25) is 11.7 Å². The second-order valence-corrected chi connectivity index (χ2v) is 6.18. The first-order valence-electron chi connectivity index (χ1n) is 7.69. The first-order chi connectivity index (χ1) is 11.3. The van der Waals surface area contributed by atoms with E-state index in [0.717, 1.165) is 5.56 Å². The molecule has 0 bridgehead atoms. The van der Waals surface area contributed by atoms with Crippen molar-refractivity contribution in [1.82, 2.24) is 10.6 Å². The van der Waals surface area contributed by atoms with Crippen LogP contribution < -0.4 is 10.6 Å². The van der Waals surface area contributed by atoms with Crippen LogP contribution >= 0.6 is 0 Å². The van der Waals surface area contributed by atoms with Crippen LogP contribution in [0, 0.1) is 5.41 Å². The van der Waals surface area contributed by atoms with E-state index < -0.39 is 29.1 Å². The number of Topliss-reactive ketones (excluding diaryl/α,β-unsaturated/α-hetero) is 1. The summed E-state index contributed by atoms with van der Waals surface area (Å²) in [5.41, 5.74) is -0.109. The Morgan fingerprint density at radius 1 is 1.12 bits per heavy atom. The van der Waals surface area contributed by atoms with Crippen molar-refractivity contribution in [2.45, 2.75) is 32.9 Å². The molecule has 1 aromatic carbocycles. The molecule has 0 saturated carbocycles. The number of benzene rings is 1. The van der Waals surface area contributed by atoms with E-state index in [1.54, 1.807) is 13.8 Å². The Balaban J connectivity index is 2.32. The molecule has 0 radical (unpaired) electrons.